The SMILES string of the molecule is COC[C@@H](NC(=O)c1ccc(-c2cc(Cl)ccc2C(=O)Nc2ccc(OC)c(F)c2)c(C(=O)O)c1)c1ccccc1. The van der Waals surface area contributed by atoms with E-state index in [0.717, 1.165) is 11.6 Å². The number of aromatic carboxylic acids is 1. The summed E-state index contributed by atoms with van der Waals surface area (Å²) in [4.78, 5) is 38.7. The third-order valence-electron chi connectivity index (χ3n) is 6.28. The molecule has 4 rings (SSSR count). The van der Waals surface area contributed by atoms with Gasteiger partial charge >= 0.3 is 5.97 Å². The number of hydrogen-bond acceptors (Lipinski definition) is 5. The van der Waals surface area contributed by atoms with Gasteiger partial charge in [-0.15, -0.1) is 0 Å². The predicted molar refractivity (Wildman–Crippen MR) is 153 cm³/mol. The molecule has 0 heterocycles. The van der Waals surface area contributed by atoms with Crippen LogP contribution in [-0.4, -0.2) is 43.7 Å². The van der Waals surface area contributed by atoms with E-state index in [1.165, 1.54) is 62.8 Å². The first-order valence-corrected chi connectivity index (χ1v) is 12.8. The van der Waals surface area contributed by atoms with Crippen LogP contribution in [0.25, 0.3) is 11.1 Å². The number of carbonyl (C=O) groups excluding carboxylic acids is 2. The fourth-order valence-electron chi connectivity index (χ4n) is 4.29. The molecule has 41 heavy (non-hydrogen) atoms. The van der Waals surface area contributed by atoms with Crippen molar-refractivity contribution in [3.63, 3.8) is 0 Å². The van der Waals surface area contributed by atoms with Crippen LogP contribution in [-0.2, 0) is 4.74 Å². The summed E-state index contributed by atoms with van der Waals surface area (Å²) < 4.78 is 24.3. The molecule has 0 aromatic heterocycles. The number of benzene rings is 4. The standard InChI is InChI=1S/C31H26ClFN2O6/c1-40-17-27(18-6-4-3-5-7-18)35-29(36)19-8-11-22(25(14-19)31(38)39)24-15-20(32)9-12-23(24)30(37)34-21-10-13-28(41-2)26(33)16-21/h3-16,27H,17H2,1-2H3,(H,34,37)(H,35,36)(H,38,39)/t27-/m1/s1. The largest absolute Gasteiger partial charge is 0.494 e. The lowest BCUT2D eigenvalue weighted by Gasteiger charge is -2.19. The van der Waals surface area contributed by atoms with Crippen LogP contribution in [0.5, 0.6) is 5.75 Å². The zero-order valence-electron chi connectivity index (χ0n) is 22.1. The van der Waals surface area contributed by atoms with E-state index in [2.05, 4.69) is 10.6 Å². The molecule has 1 atom stereocenters. The highest BCUT2D eigenvalue weighted by molar-refractivity contribution is 6.31. The van der Waals surface area contributed by atoms with Crippen molar-refractivity contribution >= 4 is 35.1 Å². The summed E-state index contributed by atoms with van der Waals surface area (Å²) in [6.07, 6.45) is 0. The molecular weight excluding hydrogens is 551 g/mol. The van der Waals surface area contributed by atoms with Gasteiger partial charge in [0.2, 0.25) is 0 Å². The third kappa shape index (κ3) is 6.89. The second-order valence-electron chi connectivity index (χ2n) is 8.95. The van der Waals surface area contributed by atoms with Crippen molar-refractivity contribution in [3.8, 4) is 16.9 Å². The number of nitrogens with one attached hydrogen (secondary N) is 2. The van der Waals surface area contributed by atoms with Crippen LogP contribution in [0.15, 0.2) is 84.9 Å². The molecular formula is C31H26ClFN2O6. The maximum atomic E-state index is 14.2. The molecule has 0 saturated heterocycles. The number of ether oxygens (including phenoxy) is 2. The van der Waals surface area contributed by atoms with Gasteiger partial charge in [0.15, 0.2) is 11.6 Å². The molecule has 4 aromatic carbocycles. The molecule has 0 radical (unpaired) electrons. The summed E-state index contributed by atoms with van der Waals surface area (Å²) in [7, 11) is 2.84. The lowest BCUT2D eigenvalue weighted by atomic mass is 9.93. The number of halogens is 2. The number of amides is 2. The van der Waals surface area contributed by atoms with E-state index in [9.17, 15) is 23.9 Å². The Bertz CT molecular complexity index is 1600. The monoisotopic (exact) mass is 576 g/mol. The maximum Gasteiger partial charge on any atom is 0.336 e. The Labute approximate surface area is 240 Å². The zero-order chi connectivity index (χ0) is 29.5. The Morgan fingerprint density at radius 1 is 0.878 bits per heavy atom. The van der Waals surface area contributed by atoms with Gasteiger partial charge in [0.1, 0.15) is 0 Å². The molecule has 8 nitrogen and oxygen atoms in total. The number of carboxylic acids is 1. The molecule has 0 saturated carbocycles. The van der Waals surface area contributed by atoms with E-state index in [0.29, 0.717) is 0 Å². The van der Waals surface area contributed by atoms with Crippen LogP contribution in [0, 0.1) is 5.82 Å². The lowest BCUT2D eigenvalue weighted by molar-refractivity contribution is 0.0697. The van der Waals surface area contributed by atoms with E-state index in [4.69, 9.17) is 21.1 Å². The number of anilines is 1. The predicted octanol–water partition coefficient (Wildman–Crippen LogP) is 6.22. The second-order valence-corrected chi connectivity index (χ2v) is 9.39. The summed E-state index contributed by atoms with van der Waals surface area (Å²) in [5.74, 6) is -3.08. The Morgan fingerprint density at radius 3 is 2.29 bits per heavy atom. The van der Waals surface area contributed by atoms with E-state index in [1.807, 2.05) is 30.3 Å². The summed E-state index contributed by atoms with van der Waals surface area (Å²) in [5.41, 5.74) is 1.36. The van der Waals surface area contributed by atoms with Gasteiger partial charge in [0.25, 0.3) is 11.8 Å². The molecule has 0 aliphatic rings. The first-order valence-electron chi connectivity index (χ1n) is 12.4. The first kappa shape index (κ1) is 29.3. The van der Waals surface area contributed by atoms with Crippen molar-refractivity contribution in [3.05, 3.63) is 118 Å². The topological polar surface area (TPSA) is 114 Å². The van der Waals surface area contributed by atoms with Crippen molar-refractivity contribution in [1.29, 1.82) is 0 Å². The first-order chi connectivity index (χ1) is 19.7. The van der Waals surface area contributed by atoms with Crippen molar-refractivity contribution in [1.82, 2.24) is 5.32 Å². The summed E-state index contributed by atoms with van der Waals surface area (Å²) in [6.45, 7) is 0.207. The fourth-order valence-corrected chi connectivity index (χ4v) is 4.46. The molecule has 3 N–H and O–H groups in total. The fraction of sp³-hybridized carbons (Fsp3) is 0.129. The smallest absolute Gasteiger partial charge is 0.336 e. The van der Waals surface area contributed by atoms with Gasteiger partial charge in [-0.05, 0) is 59.2 Å². The van der Waals surface area contributed by atoms with E-state index < -0.39 is 29.6 Å². The number of hydrogen-bond donors (Lipinski definition) is 3. The quantitative estimate of drug-likeness (QED) is 0.206. The minimum absolute atomic E-state index is 0.0164. The summed E-state index contributed by atoms with van der Waals surface area (Å²) >= 11 is 6.23. The van der Waals surface area contributed by atoms with E-state index in [-0.39, 0.29) is 50.9 Å². The number of rotatable bonds is 10. The maximum absolute atomic E-state index is 14.2. The average Bonchev–Trinajstić information content (AvgIpc) is 2.97. The summed E-state index contributed by atoms with van der Waals surface area (Å²) in [6, 6.07) is 21.2. The highest BCUT2D eigenvalue weighted by Crippen LogP contribution is 2.32. The van der Waals surface area contributed by atoms with Crippen molar-refractivity contribution in [2.75, 3.05) is 26.1 Å². The summed E-state index contributed by atoms with van der Waals surface area (Å²) in [5, 5.41) is 15.8. The van der Waals surface area contributed by atoms with Crippen LogP contribution in [0.1, 0.15) is 42.7 Å². The number of carbonyl (C=O) groups is 3. The number of carboxylic acid groups (broad SMARTS) is 1. The van der Waals surface area contributed by atoms with Crippen LogP contribution in [0.3, 0.4) is 0 Å². The number of methoxy groups -OCH3 is 2. The molecule has 0 spiro atoms. The molecule has 0 unspecified atom stereocenters. The average molecular weight is 577 g/mol. The van der Waals surface area contributed by atoms with Crippen molar-refractivity contribution in [2.45, 2.75) is 6.04 Å². The minimum atomic E-state index is -1.31. The van der Waals surface area contributed by atoms with Gasteiger partial charge in [-0.2, -0.15) is 0 Å². The molecule has 0 aliphatic carbocycles. The molecule has 0 fully saturated rings. The van der Waals surface area contributed by atoms with Gasteiger partial charge in [0.05, 0.1) is 25.3 Å². The third-order valence-corrected chi connectivity index (χ3v) is 6.51. The molecule has 0 bridgehead atoms. The van der Waals surface area contributed by atoms with Gasteiger partial charge in [-0.3, -0.25) is 9.59 Å². The van der Waals surface area contributed by atoms with Gasteiger partial charge in [0, 0.05) is 35.0 Å². The molecule has 10 heteroatoms. The van der Waals surface area contributed by atoms with Crippen LogP contribution < -0.4 is 15.4 Å². The highest BCUT2D eigenvalue weighted by atomic mass is 35.5. The Balaban J connectivity index is 1.67. The minimum Gasteiger partial charge on any atom is -0.494 e. The Kier molecular flexibility index (Phi) is 9.34. The van der Waals surface area contributed by atoms with Gasteiger partial charge < -0.3 is 25.2 Å². The normalized spacial score (nSPS) is 11.4. The lowest BCUT2D eigenvalue weighted by Crippen LogP contribution is -2.31. The van der Waals surface area contributed by atoms with E-state index >= 15 is 0 Å². The molecule has 0 aliphatic heterocycles. The van der Waals surface area contributed by atoms with Crippen LogP contribution in [0.4, 0.5) is 10.1 Å². The molecule has 2 amide bonds. The second kappa shape index (κ2) is 13.1. The molecule has 210 valence electrons. The van der Waals surface area contributed by atoms with E-state index in [1.54, 1.807) is 0 Å². The Morgan fingerprint density at radius 2 is 1.63 bits per heavy atom. The van der Waals surface area contributed by atoms with Gasteiger partial charge in [-0.1, -0.05) is 48.0 Å². The highest BCUT2D eigenvalue weighted by Gasteiger charge is 2.22. The van der Waals surface area contributed by atoms with Crippen LogP contribution in [0.2, 0.25) is 5.02 Å². The van der Waals surface area contributed by atoms with Crippen LogP contribution >= 0.6 is 11.6 Å². The van der Waals surface area contributed by atoms with Gasteiger partial charge in [-0.25, -0.2) is 9.18 Å². The van der Waals surface area contributed by atoms with Crippen molar-refractivity contribution < 1.29 is 33.4 Å². The zero-order valence-corrected chi connectivity index (χ0v) is 22.9. The Hall–Kier alpha value is -4.73. The van der Waals surface area contributed by atoms with Crippen molar-refractivity contribution in [2.24, 2.45) is 0 Å². The molecule has 4 aromatic rings.